The summed E-state index contributed by atoms with van der Waals surface area (Å²) in [7, 11) is 0. The molecule has 14 rings (SSSR count). The first kappa shape index (κ1) is 61.9. The first-order valence-corrected chi connectivity index (χ1v) is 31.4. The average Bonchev–Trinajstić information content (AvgIpc) is 1.66. The molecule has 8 heterocycles. The second-order valence-electron chi connectivity index (χ2n) is 22.8. The van der Waals surface area contributed by atoms with Crippen LogP contribution in [0.5, 0.6) is 0 Å². The highest BCUT2D eigenvalue weighted by molar-refractivity contribution is 6.40. The number of nitrogens with zero attached hydrogens (tertiary/aromatic N) is 14. The predicted octanol–water partition coefficient (Wildman–Crippen LogP) is 14.6. The second kappa shape index (κ2) is 28.2. The van der Waals surface area contributed by atoms with Crippen LogP contribution in [0.15, 0.2) is 176 Å². The molecule has 12 aromatic rings. The highest BCUT2D eigenvalue weighted by atomic mass is 35.5. The molecule has 0 N–H and O–H groups in total. The number of benzene rings is 6. The number of ether oxygens (including phenoxy) is 1. The second-order valence-corrected chi connectivity index (χ2v) is 24.0. The molecular formula is C70H64Cl3FN14O3. The van der Waals surface area contributed by atoms with Crippen molar-refractivity contribution in [1.29, 1.82) is 0 Å². The maximum absolute atomic E-state index is 13.6. The van der Waals surface area contributed by atoms with Crippen LogP contribution in [0.3, 0.4) is 0 Å². The topological polar surface area (TPSA) is 181 Å². The summed E-state index contributed by atoms with van der Waals surface area (Å²) in [6.07, 6.45) is 1.95. The van der Waals surface area contributed by atoms with Gasteiger partial charge in [0.05, 0.1) is 50.9 Å². The molecule has 91 heavy (non-hydrogen) atoms. The van der Waals surface area contributed by atoms with Gasteiger partial charge in [-0.1, -0.05) is 224 Å². The summed E-state index contributed by atoms with van der Waals surface area (Å²) in [6, 6.07) is 56.9. The number of hydrogen-bond donors (Lipinski definition) is 0. The number of halogens is 4. The van der Waals surface area contributed by atoms with Crippen LogP contribution >= 0.6 is 34.8 Å². The number of amides is 1. The lowest BCUT2D eigenvalue weighted by Crippen LogP contribution is -2.32. The number of alkyl halides is 1. The number of fused-ring (bicyclic) bond motifs is 3. The van der Waals surface area contributed by atoms with Gasteiger partial charge in [0.25, 0.3) is 0 Å². The van der Waals surface area contributed by atoms with E-state index in [0.29, 0.717) is 85.2 Å². The predicted molar refractivity (Wildman–Crippen MR) is 356 cm³/mol. The fourth-order valence-electron chi connectivity index (χ4n) is 11.2. The SMILES string of the molecule is CC(C)COC(=O)Cn1nc(-c2ccccc2)c2c(Cl)c(-c3ccccc3)nnc21.Cc1cccc(-c2nn(CC(=O)N3CC[C@@H](F)C3)c3nnc(-c4ccccc4)c(Cl)c23)c1.Clc1c(-c2ccccc2)nnc2c1c(-c1ccccc1)nn2CCN1CCCC1. The first-order chi connectivity index (χ1) is 44.4. The van der Waals surface area contributed by atoms with Crippen LogP contribution in [0.4, 0.5) is 4.39 Å². The molecule has 2 fully saturated rings. The maximum atomic E-state index is 13.6. The van der Waals surface area contributed by atoms with Crippen LogP contribution in [0.25, 0.3) is 101 Å². The molecule has 0 aliphatic carbocycles. The number of carbonyl (C=O) groups excluding carboxylic acids is 2. The van der Waals surface area contributed by atoms with Crippen molar-refractivity contribution in [1.82, 2.24) is 69.7 Å². The van der Waals surface area contributed by atoms with E-state index in [4.69, 9.17) is 49.7 Å². The van der Waals surface area contributed by atoms with Gasteiger partial charge in [-0.3, -0.25) is 9.59 Å². The lowest BCUT2D eigenvalue weighted by Gasteiger charge is -2.15. The molecule has 2 saturated heterocycles. The van der Waals surface area contributed by atoms with Gasteiger partial charge in [-0.15, -0.1) is 30.6 Å². The smallest absolute Gasteiger partial charge is 0.327 e. The third-order valence-electron chi connectivity index (χ3n) is 15.8. The van der Waals surface area contributed by atoms with E-state index in [-0.39, 0.29) is 37.4 Å². The molecule has 0 unspecified atom stereocenters. The number of aromatic nitrogens is 12. The number of hydrogen-bond acceptors (Lipinski definition) is 13. The summed E-state index contributed by atoms with van der Waals surface area (Å²) in [6.45, 7) is 10.8. The fraction of sp³-hybridized carbons (Fsp3) is 0.243. The molecule has 1 atom stereocenters. The van der Waals surface area contributed by atoms with Gasteiger partial charge in [-0.05, 0) is 51.3 Å². The Balaban J connectivity index is 0.000000132. The van der Waals surface area contributed by atoms with Crippen molar-refractivity contribution >= 4 is 79.8 Å². The van der Waals surface area contributed by atoms with Crippen molar-refractivity contribution in [2.45, 2.75) is 65.8 Å². The largest absolute Gasteiger partial charge is 0.464 e. The van der Waals surface area contributed by atoms with Gasteiger partial charge in [0, 0.05) is 46.5 Å². The van der Waals surface area contributed by atoms with Crippen molar-refractivity contribution < 1.29 is 18.7 Å². The number of esters is 1. The maximum Gasteiger partial charge on any atom is 0.327 e. The Kier molecular flexibility index (Phi) is 19.2. The van der Waals surface area contributed by atoms with Crippen LogP contribution in [0, 0.1) is 12.8 Å². The van der Waals surface area contributed by atoms with Gasteiger partial charge in [0.1, 0.15) is 53.4 Å². The summed E-state index contributed by atoms with van der Waals surface area (Å²) >= 11 is 20.6. The minimum absolute atomic E-state index is 0.0509. The molecule has 6 aromatic heterocycles. The molecule has 2 aliphatic heterocycles. The minimum atomic E-state index is -0.973. The Morgan fingerprint density at radius 3 is 1.31 bits per heavy atom. The van der Waals surface area contributed by atoms with E-state index < -0.39 is 6.17 Å². The van der Waals surface area contributed by atoms with Gasteiger partial charge in [-0.25, -0.2) is 18.4 Å². The van der Waals surface area contributed by atoms with Gasteiger partial charge < -0.3 is 14.5 Å². The Labute approximate surface area is 540 Å². The standard InChI is InChI=1S/C24H21ClFN5O.C23H22ClN5.C23H21ClN4O2/c1-15-6-5-9-17(12-15)22-20-21(25)23(16-7-3-2-4-8-16)27-28-24(20)31(29-22)14-19(32)30-11-10-18(26)13-30;24-20-19-21(17-9-3-1-4-10-17)27-29(16-15-28-13-7-8-14-28)23(19)26-25-22(20)18-11-5-2-6-12-18;1-15(2)14-30-18(29)13-28-23-19(21(27-28)16-9-5-3-6-10-16)20(24)22(25-26-23)17-11-7-4-8-12-17/h2-9,12,18H,10-11,13-14H2,1H3;1-6,9-12H,7-8,13-16H2;3-12,15H,13-14H2,1-2H3/t18-;;/m1../s1. The van der Waals surface area contributed by atoms with Gasteiger partial charge in [-0.2, -0.15) is 15.3 Å². The van der Waals surface area contributed by atoms with Gasteiger partial charge >= 0.3 is 5.97 Å². The number of likely N-dealkylation sites (tertiary alicyclic amines) is 2. The van der Waals surface area contributed by atoms with Gasteiger partial charge in [0.15, 0.2) is 16.9 Å². The summed E-state index contributed by atoms with van der Waals surface area (Å²) in [4.78, 5) is 29.1. The fourth-order valence-corrected chi connectivity index (χ4v) is 12.2. The lowest BCUT2D eigenvalue weighted by molar-refractivity contribution is -0.145. The Bertz CT molecular complexity index is 4510. The average molecular weight is 1270 g/mol. The zero-order chi connectivity index (χ0) is 63.0. The number of carbonyl (C=O) groups is 2. The van der Waals surface area contributed by atoms with E-state index in [9.17, 15) is 14.0 Å². The third-order valence-corrected chi connectivity index (χ3v) is 16.9. The van der Waals surface area contributed by atoms with E-state index in [2.05, 4.69) is 52.7 Å². The molecule has 460 valence electrons. The molecule has 0 bridgehead atoms. The van der Waals surface area contributed by atoms with E-state index in [1.165, 1.54) is 27.1 Å². The summed E-state index contributed by atoms with van der Waals surface area (Å²) in [5.74, 6) is -0.320. The van der Waals surface area contributed by atoms with Crippen molar-refractivity contribution in [3.63, 3.8) is 0 Å². The minimum Gasteiger partial charge on any atom is -0.464 e. The summed E-state index contributed by atoms with van der Waals surface area (Å²) in [5.41, 5.74) is 12.1. The third kappa shape index (κ3) is 13.9. The van der Waals surface area contributed by atoms with Crippen molar-refractivity contribution in [2.75, 3.05) is 39.3 Å². The number of rotatable bonds is 15. The quantitative estimate of drug-likeness (QED) is 0.0885. The van der Waals surface area contributed by atoms with Crippen molar-refractivity contribution in [2.24, 2.45) is 5.92 Å². The molecule has 6 aromatic carbocycles. The van der Waals surface area contributed by atoms with E-state index in [0.717, 1.165) is 81.9 Å². The van der Waals surface area contributed by atoms with E-state index in [1.807, 2.05) is 189 Å². The lowest BCUT2D eigenvalue weighted by atomic mass is 10.1. The van der Waals surface area contributed by atoms with Crippen LogP contribution in [-0.2, 0) is 34.0 Å². The zero-order valence-corrected chi connectivity index (χ0v) is 52.6. The van der Waals surface area contributed by atoms with Crippen LogP contribution in [0.1, 0.15) is 38.7 Å². The highest BCUT2D eigenvalue weighted by Crippen LogP contribution is 2.41. The Hall–Kier alpha value is -9.33. The van der Waals surface area contributed by atoms with E-state index >= 15 is 0 Å². The summed E-state index contributed by atoms with van der Waals surface area (Å²) in [5, 5.41) is 44.4. The summed E-state index contributed by atoms with van der Waals surface area (Å²) < 4.78 is 23.9. The zero-order valence-electron chi connectivity index (χ0n) is 50.4. The molecule has 17 nitrogen and oxygen atoms in total. The van der Waals surface area contributed by atoms with Crippen LogP contribution in [-0.4, -0.2) is 127 Å². The molecule has 1 amide bonds. The molecule has 0 spiro atoms. The molecule has 21 heteroatoms. The monoisotopic (exact) mass is 1270 g/mol. The van der Waals surface area contributed by atoms with Gasteiger partial charge in [0.2, 0.25) is 5.91 Å². The van der Waals surface area contributed by atoms with Crippen LogP contribution < -0.4 is 0 Å². The number of aryl methyl sites for hydroxylation is 1. The highest BCUT2D eigenvalue weighted by Gasteiger charge is 2.29. The van der Waals surface area contributed by atoms with E-state index in [1.54, 1.807) is 0 Å². The molecular weight excluding hydrogens is 1210 g/mol. The molecule has 0 saturated carbocycles. The first-order valence-electron chi connectivity index (χ1n) is 30.3. The Morgan fingerprint density at radius 2 is 0.890 bits per heavy atom. The van der Waals surface area contributed by atoms with Crippen LogP contribution in [0.2, 0.25) is 15.1 Å². The molecule has 2 aliphatic rings. The Morgan fingerprint density at radius 1 is 0.495 bits per heavy atom. The van der Waals surface area contributed by atoms with Crippen molar-refractivity contribution in [3.05, 3.63) is 197 Å². The normalized spacial score (nSPS) is 14.0. The van der Waals surface area contributed by atoms with Crippen molar-refractivity contribution in [3.8, 4) is 67.5 Å². The molecule has 0 radical (unpaired) electrons.